The molecule has 3 heteroatoms. The van der Waals surface area contributed by atoms with E-state index in [0.29, 0.717) is 0 Å². The predicted octanol–water partition coefficient (Wildman–Crippen LogP) is 2.84. The number of rotatable bonds is 2. The van der Waals surface area contributed by atoms with E-state index >= 15 is 0 Å². The van der Waals surface area contributed by atoms with Crippen molar-refractivity contribution in [2.24, 2.45) is 0 Å². The van der Waals surface area contributed by atoms with Crippen LogP contribution in [0.1, 0.15) is 37.7 Å². The highest BCUT2D eigenvalue weighted by Gasteiger charge is 2.25. The zero-order valence-corrected chi connectivity index (χ0v) is 12.0. The summed E-state index contributed by atoms with van der Waals surface area (Å²) in [6.07, 6.45) is 8.82. The van der Waals surface area contributed by atoms with E-state index in [0.717, 1.165) is 24.9 Å². The van der Waals surface area contributed by atoms with E-state index in [2.05, 4.69) is 33.8 Å². The molecule has 3 rings (SSSR count). The number of piperidine rings is 2. The summed E-state index contributed by atoms with van der Waals surface area (Å²) in [4.78, 5) is 9.72. The van der Waals surface area contributed by atoms with Gasteiger partial charge in [-0.3, -0.25) is 0 Å². The molecule has 2 saturated heterocycles. The molecule has 2 aliphatic heterocycles. The second-order valence-electron chi connectivity index (χ2n) is 6.01. The molecule has 2 aliphatic rings. The van der Waals surface area contributed by atoms with Gasteiger partial charge in [-0.25, -0.2) is 4.98 Å². The molecule has 0 atom stereocenters. The summed E-state index contributed by atoms with van der Waals surface area (Å²) in [6, 6.07) is 5.15. The first-order valence-corrected chi connectivity index (χ1v) is 7.74. The zero-order valence-electron chi connectivity index (χ0n) is 12.0. The average Bonchev–Trinajstić information content (AvgIpc) is 2.49. The van der Waals surface area contributed by atoms with Crippen LogP contribution in [0.4, 0.5) is 5.82 Å². The van der Waals surface area contributed by atoms with Crippen molar-refractivity contribution in [3.05, 3.63) is 23.9 Å². The van der Waals surface area contributed by atoms with E-state index in [1.807, 2.05) is 6.20 Å². The van der Waals surface area contributed by atoms with Crippen LogP contribution < -0.4 is 4.90 Å². The highest BCUT2D eigenvalue weighted by molar-refractivity contribution is 5.39. The molecule has 0 aromatic carbocycles. The minimum absolute atomic E-state index is 0.821. The van der Waals surface area contributed by atoms with Crippen molar-refractivity contribution in [3.8, 4) is 0 Å². The van der Waals surface area contributed by atoms with Crippen LogP contribution in [-0.2, 0) is 0 Å². The molecular formula is C16H25N3. The molecule has 0 radical (unpaired) electrons. The van der Waals surface area contributed by atoms with E-state index in [4.69, 9.17) is 0 Å². The van der Waals surface area contributed by atoms with E-state index in [1.165, 1.54) is 50.8 Å². The largest absolute Gasteiger partial charge is 0.357 e. The Balaban J connectivity index is 1.55. The summed E-state index contributed by atoms with van der Waals surface area (Å²) in [6.45, 7) is 7.08. The van der Waals surface area contributed by atoms with Crippen LogP contribution in [0.15, 0.2) is 18.3 Å². The fraction of sp³-hybridized carbons (Fsp3) is 0.688. The maximum atomic E-state index is 4.55. The normalized spacial score (nSPS) is 22.7. The molecule has 1 aromatic heterocycles. The topological polar surface area (TPSA) is 19.4 Å². The van der Waals surface area contributed by atoms with Gasteiger partial charge in [0.05, 0.1) is 0 Å². The van der Waals surface area contributed by atoms with Gasteiger partial charge in [-0.05, 0) is 57.3 Å². The molecule has 3 heterocycles. The summed E-state index contributed by atoms with van der Waals surface area (Å²) in [5.74, 6) is 1.16. The highest BCUT2D eigenvalue weighted by Crippen LogP contribution is 2.23. The van der Waals surface area contributed by atoms with Gasteiger partial charge in [0.1, 0.15) is 5.82 Å². The number of anilines is 1. The minimum Gasteiger partial charge on any atom is -0.357 e. The smallest absolute Gasteiger partial charge is 0.128 e. The third-order valence-corrected chi connectivity index (χ3v) is 4.59. The molecular weight excluding hydrogens is 234 g/mol. The predicted molar refractivity (Wildman–Crippen MR) is 79.6 cm³/mol. The number of nitrogens with zero attached hydrogens (tertiary/aromatic N) is 3. The quantitative estimate of drug-likeness (QED) is 0.814. The van der Waals surface area contributed by atoms with Crippen molar-refractivity contribution in [2.45, 2.75) is 45.1 Å². The summed E-state index contributed by atoms with van der Waals surface area (Å²) in [7, 11) is 0. The van der Waals surface area contributed by atoms with Crippen molar-refractivity contribution in [1.82, 2.24) is 9.88 Å². The second kappa shape index (κ2) is 5.91. The molecule has 0 N–H and O–H groups in total. The summed E-state index contributed by atoms with van der Waals surface area (Å²) in [5.41, 5.74) is 1.24. The average molecular weight is 259 g/mol. The number of pyridine rings is 1. The van der Waals surface area contributed by atoms with Crippen molar-refractivity contribution >= 4 is 5.82 Å². The van der Waals surface area contributed by atoms with Gasteiger partial charge in [0.2, 0.25) is 0 Å². The molecule has 1 aromatic rings. The summed E-state index contributed by atoms with van der Waals surface area (Å²) < 4.78 is 0. The van der Waals surface area contributed by atoms with Crippen LogP contribution >= 0.6 is 0 Å². The molecule has 19 heavy (non-hydrogen) atoms. The van der Waals surface area contributed by atoms with E-state index in [1.54, 1.807) is 0 Å². The van der Waals surface area contributed by atoms with Crippen LogP contribution in [0.3, 0.4) is 0 Å². The molecule has 3 nitrogen and oxygen atoms in total. The van der Waals surface area contributed by atoms with E-state index < -0.39 is 0 Å². The van der Waals surface area contributed by atoms with Crippen molar-refractivity contribution < 1.29 is 0 Å². The Bertz CT molecular complexity index is 387. The fourth-order valence-corrected chi connectivity index (χ4v) is 3.39. The summed E-state index contributed by atoms with van der Waals surface area (Å²) >= 11 is 0. The van der Waals surface area contributed by atoms with E-state index in [-0.39, 0.29) is 0 Å². The van der Waals surface area contributed by atoms with E-state index in [9.17, 15) is 0 Å². The maximum absolute atomic E-state index is 4.55. The van der Waals surface area contributed by atoms with Gasteiger partial charge in [-0.2, -0.15) is 0 Å². The minimum atomic E-state index is 0.821. The molecule has 104 valence electrons. The number of hydrogen-bond donors (Lipinski definition) is 0. The van der Waals surface area contributed by atoms with Crippen molar-refractivity contribution in [1.29, 1.82) is 0 Å². The molecule has 0 spiro atoms. The maximum Gasteiger partial charge on any atom is 0.128 e. The highest BCUT2D eigenvalue weighted by atomic mass is 15.2. The number of aromatic nitrogens is 1. The third kappa shape index (κ3) is 3.08. The Morgan fingerprint density at radius 2 is 1.74 bits per heavy atom. The molecule has 2 fully saturated rings. The van der Waals surface area contributed by atoms with Gasteiger partial charge >= 0.3 is 0 Å². The third-order valence-electron chi connectivity index (χ3n) is 4.59. The first-order chi connectivity index (χ1) is 9.33. The first kappa shape index (κ1) is 12.9. The molecule has 0 bridgehead atoms. The number of aryl methyl sites for hydroxylation is 1. The Morgan fingerprint density at radius 3 is 2.37 bits per heavy atom. The van der Waals surface area contributed by atoms with Gasteiger partial charge in [-0.15, -0.1) is 0 Å². The number of hydrogen-bond acceptors (Lipinski definition) is 3. The Hall–Kier alpha value is -1.09. The lowest BCUT2D eigenvalue weighted by molar-refractivity contribution is 0.141. The Morgan fingerprint density at radius 1 is 1.00 bits per heavy atom. The van der Waals surface area contributed by atoms with Crippen LogP contribution in [0.25, 0.3) is 0 Å². The van der Waals surface area contributed by atoms with Crippen molar-refractivity contribution in [3.63, 3.8) is 0 Å². The molecule has 0 saturated carbocycles. The summed E-state index contributed by atoms with van der Waals surface area (Å²) in [5, 5.41) is 0. The Labute approximate surface area is 116 Å². The van der Waals surface area contributed by atoms with Crippen LogP contribution in [0, 0.1) is 6.92 Å². The molecule has 0 aliphatic carbocycles. The van der Waals surface area contributed by atoms with Gasteiger partial charge in [0.15, 0.2) is 0 Å². The standard InChI is InChI=1S/C16H25N3/c1-14-5-6-16(17-13-14)19-11-7-15(8-12-19)18-9-3-2-4-10-18/h5-6,13,15H,2-4,7-12H2,1H3. The first-order valence-electron chi connectivity index (χ1n) is 7.74. The van der Waals surface area contributed by atoms with Crippen LogP contribution in [-0.4, -0.2) is 42.1 Å². The fourth-order valence-electron chi connectivity index (χ4n) is 3.39. The zero-order chi connectivity index (χ0) is 13.1. The lowest BCUT2D eigenvalue weighted by Crippen LogP contribution is -2.46. The lowest BCUT2D eigenvalue weighted by atomic mass is 10.00. The SMILES string of the molecule is Cc1ccc(N2CCC(N3CCCCC3)CC2)nc1. The molecule has 0 unspecified atom stereocenters. The second-order valence-corrected chi connectivity index (χ2v) is 6.01. The van der Waals surface area contributed by atoms with Gasteiger partial charge in [-0.1, -0.05) is 12.5 Å². The Kier molecular flexibility index (Phi) is 4.02. The van der Waals surface area contributed by atoms with Gasteiger partial charge in [0.25, 0.3) is 0 Å². The van der Waals surface area contributed by atoms with Crippen LogP contribution in [0.2, 0.25) is 0 Å². The van der Waals surface area contributed by atoms with Gasteiger partial charge < -0.3 is 9.80 Å². The van der Waals surface area contributed by atoms with Crippen LogP contribution in [0.5, 0.6) is 0 Å². The molecule has 0 amide bonds. The number of likely N-dealkylation sites (tertiary alicyclic amines) is 1. The lowest BCUT2D eigenvalue weighted by Gasteiger charge is -2.40. The van der Waals surface area contributed by atoms with Gasteiger partial charge in [0, 0.05) is 25.3 Å². The monoisotopic (exact) mass is 259 g/mol. The van der Waals surface area contributed by atoms with Crippen molar-refractivity contribution in [2.75, 3.05) is 31.1 Å².